The smallest absolute Gasteiger partial charge is 0.224 e. The highest BCUT2D eigenvalue weighted by molar-refractivity contribution is 5.61. The summed E-state index contributed by atoms with van der Waals surface area (Å²) in [6, 6.07) is 13.8. The molecule has 4 aromatic rings. The molecule has 9 nitrogen and oxygen atoms in total. The fourth-order valence-electron chi connectivity index (χ4n) is 4.41. The number of hydrogen-bond acceptors (Lipinski definition) is 7. The molecule has 0 fully saturated rings. The fourth-order valence-corrected chi connectivity index (χ4v) is 4.41. The normalized spacial score (nSPS) is 14.9. The maximum atomic E-state index is 9.96. The number of pyridine rings is 1. The highest BCUT2D eigenvalue weighted by Crippen LogP contribution is 2.46. The van der Waals surface area contributed by atoms with Gasteiger partial charge in [0.1, 0.15) is 23.1 Å². The lowest BCUT2D eigenvalue weighted by Gasteiger charge is -2.26. The summed E-state index contributed by atoms with van der Waals surface area (Å²) in [6.45, 7) is 2.02. The molecule has 3 aromatic heterocycles. The summed E-state index contributed by atoms with van der Waals surface area (Å²) in [6.07, 6.45) is 6.03. The van der Waals surface area contributed by atoms with E-state index in [2.05, 4.69) is 21.1 Å². The van der Waals surface area contributed by atoms with Crippen LogP contribution in [0.1, 0.15) is 29.7 Å². The van der Waals surface area contributed by atoms with E-state index < -0.39 is 5.92 Å². The van der Waals surface area contributed by atoms with Crippen LogP contribution in [0, 0.1) is 11.3 Å². The van der Waals surface area contributed by atoms with Gasteiger partial charge in [0.15, 0.2) is 5.82 Å². The second kappa shape index (κ2) is 8.41. The summed E-state index contributed by atoms with van der Waals surface area (Å²) in [7, 11) is 3.41. The molecule has 0 saturated heterocycles. The van der Waals surface area contributed by atoms with Gasteiger partial charge in [0.25, 0.3) is 0 Å². The van der Waals surface area contributed by atoms with Crippen molar-refractivity contribution in [3.8, 4) is 34.9 Å². The molecule has 1 aliphatic heterocycles. The van der Waals surface area contributed by atoms with Gasteiger partial charge in [0.2, 0.25) is 11.8 Å². The summed E-state index contributed by atoms with van der Waals surface area (Å²) < 4.78 is 15.2. The molecule has 0 saturated carbocycles. The van der Waals surface area contributed by atoms with E-state index in [9.17, 15) is 5.26 Å². The topological polar surface area (TPSA) is 117 Å². The molecule has 0 spiro atoms. The molecule has 0 amide bonds. The van der Waals surface area contributed by atoms with Crippen LogP contribution in [0.5, 0.6) is 11.6 Å². The largest absolute Gasteiger partial charge is 0.496 e. The lowest BCUT2D eigenvalue weighted by atomic mass is 9.83. The van der Waals surface area contributed by atoms with Crippen LogP contribution >= 0.6 is 0 Å². The van der Waals surface area contributed by atoms with Crippen molar-refractivity contribution in [3.63, 3.8) is 0 Å². The van der Waals surface area contributed by atoms with E-state index in [-0.39, 0.29) is 5.88 Å². The third kappa shape index (κ3) is 3.28. The number of nitriles is 1. The van der Waals surface area contributed by atoms with E-state index in [1.165, 1.54) is 0 Å². The van der Waals surface area contributed by atoms with Gasteiger partial charge in [-0.2, -0.15) is 10.4 Å². The van der Waals surface area contributed by atoms with Gasteiger partial charge in [-0.25, -0.2) is 9.67 Å². The molecule has 1 aromatic carbocycles. The van der Waals surface area contributed by atoms with Crippen LogP contribution in [0.3, 0.4) is 0 Å². The van der Waals surface area contributed by atoms with Crippen LogP contribution in [0.25, 0.3) is 17.2 Å². The number of hydrogen-bond donors (Lipinski definition) is 1. The molecule has 34 heavy (non-hydrogen) atoms. The van der Waals surface area contributed by atoms with Crippen molar-refractivity contribution in [3.05, 3.63) is 83.3 Å². The number of benzene rings is 1. The third-order valence-corrected chi connectivity index (χ3v) is 5.95. The van der Waals surface area contributed by atoms with Crippen molar-refractivity contribution in [2.24, 2.45) is 12.8 Å². The molecule has 170 valence electrons. The zero-order chi connectivity index (χ0) is 23.8. The van der Waals surface area contributed by atoms with Gasteiger partial charge in [0, 0.05) is 37.3 Å². The Labute approximate surface area is 196 Å². The Hall–Kier alpha value is -4.58. The fraction of sp³-hybridized carbons (Fsp3) is 0.200. The molecule has 9 heteroatoms. The van der Waals surface area contributed by atoms with Crippen LogP contribution in [0.2, 0.25) is 0 Å². The number of nitrogens with zero attached hydrogens (tertiary/aromatic N) is 6. The van der Waals surface area contributed by atoms with Crippen LogP contribution in [0.15, 0.2) is 66.4 Å². The number of allylic oxidation sites excluding steroid dienone is 1. The number of ether oxygens (including phenoxy) is 2. The maximum absolute atomic E-state index is 9.96. The van der Waals surface area contributed by atoms with Crippen LogP contribution < -0.4 is 15.2 Å². The number of imidazole rings is 1. The van der Waals surface area contributed by atoms with Crippen molar-refractivity contribution >= 4 is 0 Å². The van der Waals surface area contributed by atoms with Crippen LogP contribution in [-0.4, -0.2) is 31.4 Å². The first kappa shape index (κ1) is 21.3. The molecule has 1 atom stereocenters. The molecule has 1 unspecified atom stereocenters. The minimum atomic E-state index is -0.459. The number of aromatic nitrogens is 5. The third-order valence-electron chi connectivity index (χ3n) is 5.95. The van der Waals surface area contributed by atoms with Gasteiger partial charge in [-0.15, -0.1) is 0 Å². The van der Waals surface area contributed by atoms with Crippen molar-refractivity contribution in [1.29, 1.82) is 5.26 Å². The molecular weight excluding hydrogens is 430 g/mol. The standard InChI is InChI=1S/C25H23N7O2/c1-4-18-22-21(17(14-26)23(27)34-25(22)31(2)30-18)16-9-8-15(13-20(16)33-3)32-12-11-29-24(32)19-7-5-6-10-28-19/h5-13,21H,4,27H2,1-3H3. The number of methoxy groups -OCH3 is 1. The predicted molar refractivity (Wildman–Crippen MR) is 125 cm³/mol. The molecular formula is C25H23N7O2. The number of nitrogens with two attached hydrogens (primary N) is 1. The van der Waals surface area contributed by atoms with E-state index in [0.717, 1.165) is 28.2 Å². The Morgan fingerprint density at radius 3 is 2.76 bits per heavy atom. The lowest BCUT2D eigenvalue weighted by Crippen LogP contribution is -2.22. The summed E-state index contributed by atoms with van der Waals surface area (Å²) in [4.78, 5) is 8.91. The van der Waals surface area contributed by atoms with Crippen molar-refractivity contribution in [2.45, 2.75) is 19.3 Å². The number of fused-ring (bicyclic) bond motifs is 1. The van der Waals surface area contributed by atoms with Gasteiger partial charge in [0.05, 0.1) is 30.0 Å². The monoisotopic (exact) mass is 453 g/mol. The number of rotatable bonds is 5. The van der Waals surface area contributed by atoms with Crippen molar-refractivity contribution < 1.29 is 9.47 Å². The molecule has 0 radical (unpaired) electrons. The summed E-state index contributed by atoms with van der Waals surface area (Å²) >= 11 is 0. The van der Waals surface area contributed by atoms with Gasteiger partial charge in [-0.05, 0) is 24.6 Å². The zero-order valence-corrected chi connectivity index (χ0v) is 19.1. The minimum Gasteiger partial charge on any atom is -0.496 e. The average molecular weight is 454 g/mol. The molecule has 2 N–H and O–H groups in total. The van der Waals surface area contributed by atoms with Crippen molar-refractivity contribution in [2.75, 3.05) is 7.11 Å². The first-order valence-corrected chi connectivity index (χ1v) is 10.8. The van der Waals surface area contributed by atoms with E-state index in [1.54, 1.807) is 31.2 Å². The van der Waals surface area contributed by atoms with E-state index >= 15 is 0 Å². The van der Waals surface area contributed by atoms with Crippen LogP contribution in [-0.2, 0) is 13.5 Å². The lowest BCUT2D eigenvalue weighted by molar-refractivity contribution is 0.356. The minimum absolute atomic E-state index is 0.0730. The SMILES string of the molecule is CCc1nn(C)c2c1C(c1ccc(-n3ccnc3-c3ccccn3)cc1OC)C(C#N)=C(N)O2. The Kier molecular flexibility index (Phi) is 5.26. The van der Waals surface area contributed by atoms with Gasteiger partial charge in [-0.3, -0.25) is 9.55 Å². The molecule has 4 heterocycles. The van der Waals surface area contributed by atoms with E-state index in [0.29, 0.717) is 29.4 Å². The van der Waals surface area contributed by atoms with Crippen LogP contribution in [0.4, 0.5) is 0 Å². The molecule has 0 aliphatic carbocycles. The molecule has 0 bridgehead atoms. The Balaban J connectivity index is 1.67. The maximum Gasteiger partial charge on any atom is 0.224 e. The first-order chi connectivity index (χ1) is 16.6. The number of aryl methyl sites for hydroxylation is 2. The van der Waals surface area contributed by atoms with Gasteiger partial charge >= 0.3 is 0 Å². The van der Waals surface area contributed by atoms with Gasteiger partial charge < -0.3 is 15.2 Å². The van der Waals surface area contributed by atoms with E-state index in [4.69, 9.17) is 15.2 Å². The molecule has 1 aliphatic rings. The zero-order valence-electron chi connectivity index (χ0n) is 19.1. The quantitative estimate of drug-likeness (QED) is 0.492. The second-order valence-corrected chi connectivity index (χ2v) is 7.83. The highest BCUT2D eigenvalue weighted by Gasteiger charge is 2.37. The summed E-state index contributed by atoms with van der Waals surface area (Å²) in [5, 5.41) is 14.6. The first-order valence-electron chi connectivity index (χ1n) is 10.8. The summed E-state index contributed by atoms with van der Waals surface area (Å²) in [5.74, 6) is 1.48. The van der Waals surface area contributed by atoms with E-state index in [1.807, 2.05) is 54.1 Å². The Morgan fingerprint density at radius 2 is 2.06 bits per heavy atom. The van der Waals surface area contributed by atoms with Gasteiger partial charge in [-0.1, -0.05) is 19.1 Å². The Morgan fingerprint density at radius 1 is 1.21 bits per heavy atom. The summed E-state index contributed by atoms with van der Waals surface area (Å²) in [5.41, 5.74) is 10.6. The second-order valence-electron chi connectivity index (χ2n) is 7.83. The Bertz CT molecular complexity index is 1440. The highest BCUT2D eigenvalue weighted by atomic mass is 16.5. The predicted octanol–water partition coefficient (Wildman–Crippen LogP) is 3.46. The average Bonchev–Trinajstić information content (AvgIpc) is 3.48. The molecule has 5 rings (SSSR count). The van der Waals surface area contributed by atoms with Crippen molar-refractivity contribution in [1.82, 2.24) is 24.3 Å².